The third-order valence-corrected chi connectivity index (χ3v) is 4.66. The Morgan fingerprint density at radius 1 is 1.04 bits per heavy atom. The molecule has 0 saturated carbocycles. The third kappa shape index (κ3) is 5.59. The lowest BCUT2D eigenvalue weighted by Gasteiger charge is -2.29. The van der Waals surface area contributed by atoms with E-state index in [0.29, 0.717) is 12.3 Å². The first kappa shape index (κ1) is 21.5. The molecule has 0 radical (unpaired) electrons. The van der Waals surface area contributed by atoms with Crippen molar-refractivity contribution < 1.29 is 14.3 Å². The van der Waals surface area contributed by atoms with Crippen LogP contribution in [0.2, 0.25) is 0 Å². The Morgan fingerprint density at radius 3 is 2.25 bits per heavy atom. The minimum absolute atomic E-state index is 0.0985. The number of nitrogens with one attached hydrogen (secondary N) is 1. The number of benzene rings is 2. The van der Waals surface area contributed by atoms with Crippen LogP contribution in [0.15, 0.2) is 54.6 Å². The molecule has 0 heterocycles. The molecule has 2 aromatic carbocycles. The number of likely N-dealkylation sites (N-methyl/N-ethyl adjacent to an activating group) is 1. The largest absolute Gasteiger partial charge is 0.483 e. The molecule has 0 aromatic heterocycles. The van der Waals surface area contributed by atoms with Crippen molar-refractivity contribution in [1.82, 2.24) is 10.2 Å². The van der Waals surface area contributed by atoms with E-state index in [-0.39, 0.29) is 23.8 Å². The van der Waals surface area contributed by atoms with Crippen molar-refractivity contribution in [3.05, 3.63) is 65.7 Å². The van der Waals surface area contributed by atoms with Crippen molar-refractivity contribution in [3.8, 4) is 5.75 Å². The van der Waals surface area contributed by atoms with Crippen LogP contribution < -0.4 is 10.1 Å². The molecule has 0 bridgehead atoms. The van der Waals surface area contributed by atoms with E-state index in [1.54, 1.807) is 18.9 Å². The van der Waals surface area contributed by atoms with Gasteiger partial charge in [0.05, 0.1) is 0 Å². The maximum absolute atomic E-state index is 13.0. The van der Waals surface area contributed by atoms with Crippen LogP contribution in [-0.2, 0) is 21.5 Å². The molecule has 0 saturated heterocycles. The molecule has 5 heteroatoms. The van der Waals surface area contributed by atoms with Gasteiger partial charge < -0.3 is 15.0 Å². The van der Waals surface area contributed by atoms with Crippen LogP contribution in [0.3, 0.4) is 0 Å². The highest BCUT2D eigenvalue weighted by Gasteiger charge is 2.26. The maximum atomic E-state index is 13.0. The minimum atomic E-state index is -0.598. The number of ether oxygens (including phenoxy) is 1. The number of amides is 2. The van der Waals surface area contributed by atoms with Gasteiger partial charge in [0, 0.05) is 13.6 Å². The smallest absolute Gasteiger partial charge is 0.261 e. The third-order valence-electron chi connectivity index (χ3n) is 4.66. The molecule has 0 aliphatic rings. The van der Waals surface area contributed by atoms with Gasteiger partial charge in [0.15, 0.2) is 6.61 Å². The lowest BCUT2D eigenvalue weighted by Crippen LogP contribution is -2.48. The summed E-state index contributed by atoms with van der Waals surface area (Å²) in [4.78, 5) is 26.7. The van der Waals surface area contributed by atoms with E-state index in [9.17, 15) is 9.59 Å². The second kappa shape index (κ2) is 9.40. The molecular formula is C23H30N2O3. The van der Waals surface area contributed by atoms with E-state index in [4.69, 9.17) is 4.74 Å². The number of nitrogens with zero attached hydrogens (tertiary/aromatic N) is 1. The van der Waals surface area contributed by atoms with Gasteiger partial charge in [-0.2, -0.15) is 0 Å². The monoisotopic (exact) mass is 382 g/mol. The summed E-state index contributed by atoms with van der Waals surface area (Å²) in [5.41, 5.74) is 1.90. The zero-order valence-electron chi connectivity index (χ0n) is 17.4. The number of hydrogen-bond acceptors (Lipinski definition) is 3. The fraction of sp³-hybridized carbons (Fsp3) is 0.391. The number of carbonyl (C=O) groups excluding carboxylic acids is 2. The summed E-state index contributed by atoms with van der Waals surface area (Å²) in [6.45, 7) is 8.26. The number of para-hydroxylation sites is 1. The first-order valence-corrected chi connectivity index (χ1v) is 9.51. The molecule has 2 amide bonds. The van der Waals surface area contributed by atoms with Crippen LogP contribution in [0.4, 0.5) is 0 Å². The Hall–Kier alpha value is -2.82. The lowest BCUT2D eigenvalue weighted by atomic mass is 9.86. The van der Waals surface area contributed by atoms with Crippen LogP contribution in [0.5, 0.6) is 5.75 Å². The second-order valence-electron chi connectivity index (χ2n) is 7.83. The van der Waals surface area contributed by atoms with Gasteiger partial charge in [0.1, 0.15) is 11.8 Å². The Labute approximate surface area is 167 Å². The zero-order valence-corrected chi connectivity index (χ0v) is 17.4. The molecule has 0 unspecified atom stereocenters. The predicted octanol–water partition coefficient (Wildman–Crippen LogP) is 3.53. The number of rotatable bonds is 7. The highest BCUT2D eigenvalue weighted by Crippen LogP contribution is 2.31. The normalized spacial score (nSPS) is 12.2. The molecule has 5 nitrogen and oxygen atoms in total. The first-order valence-electron chi connectivity index (χ1n) is 9.51. The average Bonchev–Trinajstić information content (AvgIpc) is 2.69. The van der Waals surface area contributed by atoms with Crippen molar-refractivity contribution in [2.75, 3.05) is 13.7 Å². The fourth-order valence-corrected chi connectivity index (χ4v) is 3.01. The quantitative estimate of drug-likeness (QED) is 0.797. The molecule has 0 aliphatic carbocycles. The summed E-state index contributed by atoms with van der Waals surface area (Å²) >= 11 is 0. The van der Waals surface area contributed by atoms with Gasteiger partial charge in [-0.1, -0.05) is 69.3 Å². The van der Waals surface area contributed by atoms with Crippen molar-refractivity contribution in [1.29, 1.82) is 0 Å². The summed E-state index contributed by atoms with van der Waals surface area (Å²) < 4.78 is 5.88. The van der Waals surface area contributed by atoms with Crippen molar-refractivity contribution in [2.45, 2.75) is 45.7 Å². The van der Waals surface area contributed by atoms with E-state index in [2.05, 4.69) is 26.1 Å². The van der Waals surface area contributed by atoms with Crippen LogP contribution in [0, 0.1) is 0 Å². The highest BCUT2D eigenvalue weighted by molar-refractivity contribution is 5.87. The Kier molecular flexibility index (Phi) is 7.21. The Bertz CT molecular complexity index is 797. The standard InChI is InChI=1S/C23H30N2O3/c1-17(22(27)24-5)25(15-18-11-7-6-8-12-18)21(26)16-28-20-14-10-9-13-19(20)23(2,3)4/h6-14,17H,15-16H2,1-5H3,(H,24,27)/t17-/m0/s1. The molecule has 1 N–H and O–H groups in total. The summed E-state index contributed by atoms with van der Waals surface area (Å²) in [5, 5.41) is 2.62. The van der Waals surface area contributed by atoms with Gasteiger partial charge in [0.2, 0.25) is 5.91 Å². The fourth-order valence-electron chi connectivity index (χ4n) is 3.01. The topological polar surface area (TPSA) is 58.6 Å². The van der Waals surface area contributed by atoms with E-state index < -0.39 is 6.04 Å². The van der Waals surface area contributed by atoms with Gasteiger partial charge in [-0.3, -0.25) is 9.59 Å². The van der Waals surface area contributed by atoms with Crippen LogP contribution in [-0.4, -0.2) is 36.4 Å². The highest BCUT2D eigenvalue weighted by atomic mass is 16.5. The lowest BCUT2D eigenvalue weighted by molar-refractivity contribution is -0.142. The van der Waals surface area contributed by atoms with E-state index in [1.165, 1.54) is 0 Å². The van der Waals surface area contributed by atoms with Crippen LogP contribution >= 0.6 is 0 Å². The Morgan fingerprint density at radius 2 is 1.64 bits per heavy atom. The van der Waals surface area contributed by atoms with Crippen molar-refractivity contribution in [2.24, 2.45) is 0 Å². The molecule has 2 rings (SSSR count). The van der Waals surface area contributed by atoms with Gasteiger partial charge in [-0.05, 0) is 29.5 Å². The summed E-state index contributed by atoms with van der Waals surface area (Å²) in [7, 11) is 1.57. The van der Waals surface area contributed by atoms with E-state index in [0.717, 1.165) is 11.1 Å². The molecule has 0 spiro atoms. The van der Waals surface area contributed by atoms with Crippen molar-refractivity contribution >= 4 is 11.8 Å². The summed E-state index contributed by atoms with van der Waals surface area (Å²) in [6, 6.07) is 16.8. The first-order chi connectivity index (χ1) is 13.2. The van der Waals surface area contributed by atoms with Gasteiger partial charge in [0.25, 0.3) is 5.91 Å². The summed E-state index contributed by atoms with van der Waals surface area (Å²) in [6.07, 6.45) is 0. The second-order valence-corrected chi connectivity index (χ2v) is 7.83. The zero-order chi connectivity index (χ0) is 20.7. The van der Waals surface area contributed by atoms with Crippen LogP contribution in [0.1, 0.15) is 38.8 Å². The summed E-state index contributed by atoms with van der Waals surface area (Å²) in [5.74, 6) is 0.249. The van der Waals surface area contributed by atoms with Gasteiger partial charge in [-0.15, -0.1) is 0 Å². The van der Waals surface area contributed by atoms with Gasteiger partial charge >= 0.3 is 0 Å². The maximum Gasteiger partial charge on any atom is 0.261 e. The molecule has 28 heavy (non-hydrogen) atoms. The molecule has 150 valence electrons. The van der Waals surface area contributed by atoms with E-state index in [1.807, 2.05) is 54.6 Å². The number of hydrogen-bond donors (Lipinski definition) is 1. The molecule has 1 atom stereocenters. The van der Waals surface area contributed by atoms with E-state index >= 15 is 0 Å². The minimum Gasteiger partial charge on any atom is -0.483 e. The molecule has 0 fully saturated rings. The number of carbonyl (C=O) groups is 2. The molecule has 0 aliphatic heterocycles. The average molecular weight is 383 g/mol. The molecule has 2 aromatic rings. The van der Waals surface area contributed by atoms with Gasteiger partial charge in [-0.25, -0.2) is 0 Å². The predicted molar refractivity (Wildman–Crippen MR) is 111 cm³/mol. The Balaban J connectivity index is 2.18. The SMILES string of the molecule is CNC(=O)[C@H](C)N(Cc1ccccc1)C(=O)COc1ccccc1C(C)(C)C. The van der Waals surface area contributed by atoms with Crippen molar-refractivity contribution in [3.63, 3.8) is 0 Å². The van der Waals surface area contributed by atoms with Crippen LogP contribution in [0.25, 0.3) is 0 Å². The molecular weight excluding hydrogens is 352 g/mol.